The van der Waals surface area contributed by atoms with Crippen LogP contribution in [-0.2, 0) is 9.59 Å². The number of nitrogens with two attached hydrogens (primary N) is 1. The predicted molar refractivity (Wildman–Crippen MR) is 43.3 cm³/mol. The van der Waals surface area contributed by atoms with E-state index in [1.165, 1.54) is 0 Å². The van der Waals surface area contributed by atoms with Gasteiger partial charge in [-0.2, -0.15) is 0 Å². The van der Waals surface area contributed by atoms with Gasteiger partial charge in [-0.25, -0.2) is 0 Å². The summed E-state index contributed by atoms with van der Waals surface area (Å²) < 4.78 is 7.42. The summed E-state index contributed by atoms with van der Waals surface area (Å²) in [7, 11) is 0. The Morgan fingerprint density at radius 2 is 2.07 bits per heavy atom. The van der Waals surface area contributed by atoms with Gasteiger partial charge in [-0.3, -0.25) is 9.59 Å². The number of carbonyl (C=O) groups is 2. The monoisotopic (exact) mass is 202 g/mol. The van der Waals surface area contributed by atoms with Crippen molar-refractivity contribution in [2.75, 3.05) is 0 Å². The summed E-state index contributed by atoms with van der Waals surface area (Å²) in [6.45, 7) is 0. The Balaban J connectivity index is 2.35. The summed E-state index contributed by atoms with van der Waals surface area (Å²) in [5.74, 6) is -4.80. The number of fused-ring (bicyclic) bond motifs is 1. The fourth-order valence-electron chi connectivity index (χ4n) is 2.44. The Morgan fingerprint density at radius 1 is 1.50 bits per heavy atom. The van der Waals surface area contributed by atoms with Crippen molar-refractivity contribution in [3.8, 4) is 0 Å². The zero-order valence-corrected chi connectivity index (χ0v) is 7.17. The first-order valence-corrected chi connectivity index (χ1v) is 4.21. The van der Waals surface area contributed by atoms with Crippen molar-refractivity contribution < 1.29 is 26.3 Å². The van der Waals surface area contributed by atoms with Crippen LogP contribution in [-0.4, -0.2) is 38.9 Å². The van der Waals surface area contributed by atoms with Crippen LogP contribution in [0, 0.1) is 17.8 Å². The standard InChI is InChI=1S/C8H11NO5/c9-8(7(13)14)3(10)1-2-4(5(2)8)6(11)12/h2-5,10H,1,9H2,(H,11,12)(H,13,14)/t2-,3-,4-,5-,8-/m0/s1/i3D. The highest BCUT2D eigenvalue weighted by atomic mass is 16.4. The molecule has 0 aromatic rings. The molecule has 0 unspecified atom stereocenters. The number of hydrogen-bond donors (Lipinski definition) is 4. The molecule has 2 aliphatic rings. The molecule has 2 aliphatic carbocycles. The van der Waals surface area contributed by atoms with Crippen LogP contribution in [0.1, 0.15) is 7.79 Å². The van der Waals surface area contributed by atoms with Gasteiger partial charge in [0.05, 0.1) is 13.4 Å². The summed E-state index contributed by atoms with van der Waals surface area (Å²) in [4.78, 5) is 21.7. The minimum atomic E-state index is -2.28. The third-order valence-corrected chi connectivity index (χ3v) is 3.24. The van der Waals surface area contributed by atoms with Gasteiger partial charge >= 0.3 is 11.9 Å². The lowest BCUT2D eigenvalue weighted by molar-refractivity contribution is -0.149. The minimum absolute atomic E-state index is 0.197. The van der Waals surface area contributed by atoms with Crippen molar-refractivity contribution in [3.63, 3.8) is 0 Å². The topological polar surface area (TPSA) is 121 Å². The van der Waals surface area contributed by atoms with Crippen LogP contribution in [0.4, 0.5) is 0 Å². The van der Waals surface area contributed by atoms with E-state index in [2.05, 4.69) is 0 Å². The van der Waals surface area contributed by atoms with E-state index in [1.54, 1.807) is 0 Å². The summed E-state index contributed by atoms with van der Waals surface area (Å²) >= 11 is 0. The molecule has 0 bridgehead atoms. The second-order valence-electron chi connectivity index (χ2n) is 3.88. The number of hydrogen-bond acceptors (Lipinski definition) is 4. The molecule has 0 aromatic heterocycles. The van der Waals surface area contributed by atoms with Crippen molar-refractivity contribution in [2.24, 2.45) is 23.5 Å². The molecular weight excluding hydrogens is 190 g/mol. The number of aliphatic carboxylic acids is 2. The molecule has 0 radical (unpaired) electrons. The Morgan fingerprint density at radius 3 is 2.50 bits per heavy atom. The smallest absolute Gasteiger partial charge is 0.326 e. The predicted octanol–water partition coefficient (Wildman–Crippen LogP) is -1.52. The lowest BCUT2D eigenvalue weighted by Crippen LogP contribution is -2.57. The van der Waals surface area contributed by atoms with Crippen LogP contribution in [0.25, 0.3) is 0 Å². The third kappa shape index (κ3) is 0.869. The zero-order valence-electron chi connectivity index (χ0n) is 8.17. The molecule has 0 spiro atoms. The molecule has 2 rings (SSSR count). The Bertz CT molecular complexity index is 357. The molecule has 2 saturated carbocycles. The molecule has 2 fully saturated rings. The van der Waals surface area contributed by atoms with Crippen molar-refractivity contribution in [1.82, 2.24) is 0 Å². The fourth-order valence-corrected chi connectivity index (χ4v) is 2.44. The van der Waals surface area contributed by atoms with Crippen molar-refractivity contribution in [2.45, 2.75) is 18.0 Å². The van der Waals surface area contributed by atoms with E-state index >= 15 is 0 Å². The molecule has 0 heterocycles. The second kappa shape index (κ2) is 2.46. The molecule has 78 valence electrons. The maximum absolute atomic E-state index is 10.9. The van der Waals surface area contributed by atoms with Crippen LogP contribution in [0.3, 0.4) is 0 Å². The lowest BCUT2D eigenvalue weighted by atomic mass is 9.89. The number of carboxylic acids is 2. The first-order chi connectivity index (χ1) is 6.73. The van der Waals surface area contributed by atoms with E-state index in [0.29, 0.717) is 0 Å². The quantitative estimate of drug-likeness (QED) is 0.431. The fraction of sp³-hybridized carbons (Fsp3) is 0.750. The van der Waals surface area contributed by atoms with Gasteiger partial charge in [-0.15, -0.1) is 0 Å². The highest BCUT2D eigenvalue weighted by Crippen LogP contribution is 2.61. The highest BCUT2D eigenvalue weighted by molar-refractivity contribution is 5.86. The number of rotatable bonds is 2. The van der Waals surface area contributed by atoms with E-state index in [-0.39, 0.29) is 6.42 Å². The maximum Gasteiger partial charge on any atom is 0.326 e. The first-order valence-electron chi connectivity index (χ1n) is 4.71. The Kier molecular flexibility index (Phi) is 1.44. The highest BCUT2D eigenvalue weighted by Gasteiger charge is 2.73. The van der Waals surface area contributed by atoms with Gasteiger partial charge in [0.1, 0.15) is 5.54 Å². The van der Waals surface area contributed by atoms with Gasteiger partial charge in [0.25, 0.3) is 0 Å². The van der Waals surface area contributed by atoms with E-state index in [9.17, 15) is 14.7 Å². The van der Waals surface area contributed by atoms with E-state index in [0.717, 1.165) is 0 Å². The third-order valence-electron chi connectivity index (χ3n) is 3.24. The first kappa shape index (κ1) is 8.19. The maximum atomic E-state index is 10.9. The largest absolute Gasteiger partial charge is 0.481 e. The van der Waals surface area contributed by atoms with Crippen molar-refractivity contribution in [3.05, 3.63) is 0 Å². The van der Waals surface area contributed by atoms with Crippen LogP contribution >= 0.6 is 0 Å². The average molecular weight is 202 g/mol. The van der Waals surface area contributed by atoms with Crippen LogP contribution in [0.5, 0.6) is 0 Å². The van der Waals surface area contributed by atoms with Crippen LogP contribution in [0.15, 0.2) is 0 Å². The lowest BCUT2D eigenvalue weighted by Gasteiger charge is -2.26. The van der Waals surface area contributed by atoms with E-state index < -0.39 is 41.3 Å². The minimum Gasteiger partial charge on any atom is -0.481 e. The van der Waals surface area contributed by atoms with Crippen LogP contribution in [0.2, 0.25) is 0 Å². The molecule has 5 atom stereocenters. The Hall–Kier alpha value is -1.14. The summed E-state index contributed by atoms with van der Waals surface area (Å²) in [6.07, 6.45) is -2.47. The van der Waals surface area contributed by atoms with Gasteiger partial charge in [0.15, 0.2) is 0 Å². The molecule has 5 N–H and O–H groups in total. The zero-order chi connectivity index (χ0) is 11.6. The number of carboxylic acid groups (broad SMARTS) is 2. The van der Waals surface area contributed by atoms with Gasteiger partial charge in [0, 0.05) is 5.92 Å². The van der Waals surface area contributed by atoms with Gasteiger partial charge in [0.2, 0.25) is 0 Å². The molecule has 14 heavy (non-hydrogen) atoms. The molecular formula is C8H11NO5. The van der Waals surface area contributed by atoms with Crippen LogP contribution < -0.4 is 5.73 Å². The molecule has 0 aliphatic heterocycles. The average Bonchev–Trinajstić information content (AvgIpc) is 2.70. The van der Waals surface area contributed by atoms with E-state index in [1.807, 2.05) is 0 Å². The van der Waals surface area contributed by atoms with E-state index in [4.69, 9.17) is 17.3 Å². The van der Waals surface area contributed by atoms with Crippen molar-refractivity contribution >= 4 is 11.9 Å². The second-order valence-corrected chi connectivity index (χ2v) is 3.88. The summed E-state index contributed by atoms with van der Waals surface area (Å²) in [6, 6.07) is 0. The molecule has 0 amide bonds. The van der Waals surface area contributed by atoms with Gasteiger partial charge in [-0.1, -0.05) is 0 Å². The molecule has 0 saturated heterocycles. The van der Waals surface area contributed by atoms with Crippen molar-refractivity contribution in [1.29, 1.82) is 0 Å². The van der Waals surface area contributed by atoms with Gasteiger partial charge in [-0.05, 0) is 12.3 Å². The molecule has 6 heteroatoms. The number of aliphatic hydroxyl groups is 1. The summed E-state index contributed by atoms with van der Waals surface area (Å²) in [5.41, 5.74) is 3.33. The molecule has 0 aromatic carbocycles. The molecule has 6 nitrogen and oxygen atoms in total. The SMILES string of the molecule is [2H][C@]1(O)C[C@H]2[C@H](C(=O)O)[C@H]2[C@]1(N)C(=O)O. The summed E-state index contributed by atoms with van der Waals surface area (Å²) in [5, 5.41) is 27.2. The van der Waals surface area contributed by atoms with Gasteiger partial charge < -0.3 is 21.1 Å². The Labute approximate surface area is 80.7 Å². The normalized spacial score (nSPS) is 56.1.